The van der Waals surface area contributed by atoms with Gasteiger partial charge in [-0.05, 0) is 23.8 Å². The fraction of sp³-hybridized carbons (Fsp3) is 0.118. The number of nitro benzene ring substituents is 1. The molecule has 8 heteroatoms. The molecule has 0 fully saturated rings. The maximum absolute atomic E-state index is 12.5. The number of hydrogen-bond acceptors (Lipinski definition) is 6. The predicted molar refractivity (Wildman–Crippen MR) is 85.1 cm³/mol. The number of nitrogens with zero attached hydrogens (tertiary/aromatic N) is 2. The number of rotatable bonds is 4. The Balaban J connectivity index is 1.89. The maximum Gasteiger partial charge on any atom is 0.337 e. The van der Waals surface area contributed by atoms with Gasteiger partial charge in [-0.1, -0.05) is 18.2 Å². The lowest BCUT2D eigenvalue weighted by atomic mass is 10.1. The van der Waals surface area contributed by atoms with E-state index in [1.807, 2.05) is 0 Å². The van der Waals surface area contributed by atoms with E-state index in [1.54, 1.807) is 12.1 Å². The van der Waals surface area contributed by atoms with Gasteiger partial charge in [-0.25, -0.2) is 4.79 Å². The lowest BCUT2D eigenvalue weighted by molar-refractivity contribution is -0.385. The van der Waals surface area contributed by atoms with E-state index in [9.17, 15) is 24.5 Å². The molecule has 0 unspecified atom stereocenters. The van der Waals surface area contributed by atoms with Gasteiger partial charge >= 0.3 is 5.97 Å². The number of carbonyl (C=O) groups is 3. The molecule has 1 aliphatic rings. The normalized spacial score (nSPS) is 12.9. The van der Waals surface area contributed by atoms with E-state index in [0.717, 1.165) is 4.90 Å². The van der Waals surface area contributed by atoms with Gasteiger partial charge in [-0.15, -0.1) is 0 Å². The van der Waals surface area contributed by atoms with Gasteiger partial charge < -0.3 is 4.74 Å². The Kier molecular flexibility index (Phi) is 4.02. The fourth-order valence-corrected chi connectivity index (χ4v) is 2.66. The fourth-order valence-electron chi connectivity index (χ4n) is 2.66. The number of imide groups is 1. The second kappa shape index (κ2) is 6.16. The zero-order valence-electron chi connectivity index (χ0n) is 13.1. The number of benzene rings is 2. The average Bonchev–Trinajstić information content (AvgIpc) is 2.86. The van der Waals surface area contributed by atoms with Crippen LogP contribution in [0.4, 0.5) is 5.69 Å². The van der Waals surface area contributed by atoms with Crippen molar-refractivity contribution in [2.75, 3.05) is 7.11 Å². The van der Waals surface area contributed by atoms with Crippen LogP contribution in [0.3, 0.4) is 0 Å². The molecule has 1 heterocycles. The quantitative estimate of drug-likeness (QED) is 0.365. The molecule has 0 aromatic heterocycles. The molecule has 2 amide bonds. The molecule has 2 aromatic rings. The second-order valence-corrected chi connectivity index (χ2v) is 5.34. The Labute approximate surface area is 141 Å². The number of fused-ring (bicyclic) bond motifs is 1. The van der Waals surface area contributed by atoms with Crippen LogP contribution in [0.5, 0.6) is 0 Å². The second-order valence-electron chi connectivity index (χ2n) is 5.34. The minimum atomic E-state index is -0.704. The van der Waals surface area contributed by atoms with Gasteiger partial charge in [-0.2, -0.15) is 0 Å². The number of hydrogen-bond donors (Lipinski definition) is 0. The first-order valence-electron chi connectivity index (χ1n) is 7.25. The third-order valence-corrected chi connectivity index (χ3v) is 3.89. The molecule has 0 bridgehead atoms. The maximum atomic E-state index is 12.5. The van der Waals surface area contributed by atoms with Crippen molar-refractivity contribution in [3.05, 3.63) is 74.8 Å². The van der Waals surface area contributed by atoms with Crippen LogP contribution in [0.25, 0.3) is 0 Å². The molecule has 0 saturated heterocycles. The van der Waals surface area contributed by atoms with Crippen molar-refractivity contribution in [3.8, 4) is 0 Å². The van der Waals surface area contributed by atoms with E-state index in [-0.39, 0.29) is 23.4 Å². The number of amides is 2. The third-order valence-electron chi connectivity index (χ3n) is 3.89. The van der Waals surface area contributed by atoms with E-state index in [4.69, 9.17) is 0 Å². The molecule has 2 aromatic carbocycles. The summed E-state index contributed by atoms with van der Waals surface area (Å²) < 4.78 is 4.60. The van der Waals surface area contributed by atoms with Crippen LogP contribution in [-0.2, 0) is 11.3 Å². The van der Waals surface area contributed by atoms with E-state index in [2.05, 4.69) is 4.74 Å². The summed E-state index contributed by atoms with van der Waals surface area (Å²) in [6.07, 6.45) is 0. The molecule has 0 atom stereocenters. The summed E-state index contributed by atoms with van der Waals surface area (Å²) in [7, 11) is 1.27. The SMILES string of the molecule is COC(=O)c1ccc(CN2C(=O)c3cccc([N+](=O)[O-])c3C2=O)cc1. The van der Waals surface area contributed by atoms with E-state index in [0.29, 0.717) is 11.1 Å². The molecule has 0 aliphatic carbocycles. The van der Waals surface area contributed by atoms with Crippen LogP contribution < -0.4 is 0 Å². The standard InChI is InChI=1S/C17H12N2O6/c1-25-17(22)11-7-5-10(6-8-11)9-18-15(20)12-3-2-4-13(19(23)24)14(12)16(18)21/h2-8H,9H2,1H3. The first kappa shape index (κ1) is 16.3. The average molecular weight is 340 g/mol. The molecule has 0 N–H and O–H groups in total. The Morgan fingerprint density at radius 3 is 2.40 bits per heavy atom. The van der Waals surface area contributed by atoms with Crippen molar-refractivity contribution in [2.45, 2.75) is 6.54 Å². The zero-order chi connectivity index (χ0) is 18.1. The van der Waals surface area contributed by atoms with Crippen molar-refractivity contribution in [1.29, 1.82) is 0 Å². The van der Waals surface area contributed by atoms with Gasteiger partial charge in [0.1, 0.15) is 5.56 Å². The predicted octanol–water partition coefficient (Wildman–Crippen LogP) is 2.18. The van der Waals surface area contributed by atoms with Gasteiger partial charge in [0.25, 0.3) is 17.5 Å². The van der Waals surface area contributed by atoms with Crippen LogP contribution in [0, 0.1) is 10.1 Å². The van der Waals surface area contributed by atoms with Crippen molar-refractivity contribution in [2.24, 2.45) is 0 Å². The molecular formula is C17H12N2O6. The van der Waals surface area contributed by atoms with Crippen LogP contribution in [-0.4, -0.2) is 34.7 Å². The Morgan fingerprint density at radius 2 is 1.80 bits per heavy atom. The molecule has 3 rings (SSSR count). The highest BCUT2D eigenvalue weighted by atomic mass is 16.6. The van der Waals surface area contributed by atoms with Gasteiger partial charge in [0, 0.05) is 6.07 Å². The molecule has 8 nitrogen and oxygen atoms in total. The monoisotopic (exact) mass is 340 g/mol. The number of ether oxygens (including phenoxy) is 1. The summed E-state index contributed by atoms with van der Waals surface area (Å²) in [5.41, 5.74) is 0.377. The summed E-state index contributed by atoms with van der Waals surface area (Å²) >= 11 is 0. The molecule has 25 heavy (non-hydrogen) atoms. The summed E-state index contributed by atoms with van der Waals surface area (Å²) in [4.78, 5) is 47.7. The third kappa shape index (κ3) is 2.74. The largest absolute Gasteiger partial charge is 0.465 e. The highest BCUT2D eigenvalue weighted by molar-refractivity contribution is 6.23. The zero-order valence-corrected chi connectivity index (χ0v) is 13.1. The summed E-state index contributed by atoms with van der Waals surface area (Å²) in [5, 5.41) is 11.1. The van der Waals surface area contributed by atoms with Crippen LogP contribution in [0.15, 0.2) is 42.5 Å². The minimum absolute atomic E-state index is 0.0189. The van der Waals surface area contributed by atoms with E-state index < -0.39 is 22.7 Å². The topological polar surface area (TPSA) is 107 Å². The van der Waals surface area contributed by atoms with Crippen molar-refractivity contribution < 1.29 is 24.0 Å². The van der Waals surface area contributed by atoms with Gasteiger partial charge in [0.15, 0.2) is 0 Å². The molecule has 1 aliphatic heterocycles. The van der Waals surface area contributed by atoms with Crippen LogP contribution >= 0.6 is 0 Å². The van der Waals surface area contributed by atoms with Crippen molar-refractivity contribution in [3.63, 3.8) is 0 Å². The Hall–Kier alpha value is -3.55. The van der Waals surface area contributed by atoms with Crippen molar-refractivity contribution in [1.82, 2.24) is 4.90 Å². The number of carbonyl (C=O) groups excluding carboxylic acids is 3. The molecule has 0 radical (unpaired) electrons. The number of nitro groups is 1. The molecule has 126 valence electrons. The Bertz CT molecular complexity index is 904. The lowest BCUT2D eigenvalue weighted by Crippen LogP contribution is -2.29. The summed E-state index contributed by atoms with van der Waals surface area (Å²) in [5.74, 6) is -1.78. The van der Waals surface area contributed by atoms with Gasteiger partial charge in [0.2, 0.25) is 0 Å². The molecular weight excluding hydrogens is 328 g/mol. The number of methoxy groups -OCH3 is 1. The summed E-state index contributed by atoms with van der Waals surface area (Å²) in [6, 6.07) is 10.2. The van der Waals surface area contributed by atoms with E-state index in [1.165, 1.54) is 37.4 Å². The minimum Gasteiger partial charge on any atom is -0.465 e. The molecule has 0 spiro atoms. The highest BCUT2D eigenvalue weighted by Crippen LogP contribution is 2.31. The van der Waals surface area contributed by atoms with E-state index >= 15 is 0 Å². The first-order valence-corrected chi connectivity index (χ1v) is 7.25. The van der Waals surface area contributed by atoms with Crippen LogP contribution in [0.2, 0.25) is 0 Å². The van der Waals surface area contributed by atoms with Crippen LogP contribution in [0.1, 0.15) is 36.6 Å². The summed E-state index contributed by atoms with van der Waals surface area (Å²) in [6.45, 7) is -0.0506. The van der Waals surface area contributed by atoms with Crippen molar-refractivity contribution >= 4 is 23.5 Å². The lowest BCUT2D eigenvalue weighted by Gasteiger charge is -2.13. The molecule has 0 saturated carbocycles. The Morgan fingerprint density at radius 1 is 1.12 bits per heavy atom. The van der Waals surface area contributed by atoms with Gasteiger partial charge in [0.05, 0.1) is 29.7 Å². The van der Waals surface area contributed by atoms with Gasteiger partial charge in [-0.3, -0.25) is 24.6 Å². The smallest absolute Gasteiger partial charge is 0.337 e. The first-order chi connectivity index (χ1) is 11.9. The number of esters is 1. The highest BCUT2D eigenvalue weighted by Gasteiger charge is 2.40.